The maximum Gasteiger partial charge on any atom is 0.219 e. The van der Waals surface area contributed by atoms with Crippen molar-refractivity contribution in [2.24, 2.45) is 0 Å². The highest BCUT2D eigenvalue weighted by molar-refractivity contribution is 5.94. The second-order valence-electron chi connectivity index (χ2n) is 6.87. The maximum absolute atomic E-state index is 11.7. The molecule has 6 nitrogen and oxygen atoms in total. The van der Waals surface area contributed by atoms with Gasteiger partial charge in [0.25, 0.3) is 0 Å². The molecule has 0 aliphatic carbocycles. The minimum atomic E-state index is 0.153. The standard InChI is InChI=1S/C20H23N5O/c1-14-13-23(16(3)26)11-12-24(14)18-5-4-6-19-17(18)8-10-25(19)20-7-9-21-15(2)22-20/h4-10,14H,11-13H2,1-3H3/t14-/m1/s1. The van der Waals surface area contributed by atoms with Crippen molar-refractivity contribution in [1.29, 1.82) is 0 Å². The molecule has 4 rings (SSSR count). The van der Waals surface area contributed by atoms with Gasteiger partial charge in [-0.2, -0.15) is 0 Å². The summed E-state index contributed by atoms with van der Waals surface area (Å²) in [6.45, 7) is 8.10. The van der Waals surface area contributed by atoms with Crippen molar-refractivity contribution in [3.63, 3.8) is 0 Å². The van der Waals surface area contributed by atoms with E-state index in [4.69, 9.17) is 0 Å². The smallest absolute Gasteiger partial charge is 0.219 e. The van der Waals surface area contributed by atoms with Crippen LogP contribution in [0, 0.1) is 6.92 Å². The molecule has 0 saturated carbocycles. The van der Waals surface area contributed by atoms with Gasteiger partial charge >= 0.3 is 0 Å². The first kappa shape index (κ1) is 16.6. The van der Waals surface area contributed by atoms with Gasteiger partial charge in [0, 0.05) is 56.1 Å². The number of carbonyl (C=O) groups excluding carboxylic acids is 1. The Hall–Kier alpha value is -2.89. The number of piperazine rings is 1. The molecule has 0 radical (unpaired) electrons. The quantitative estimate of drug-likeness (QED) is 0.714. The van der Waals surface area contributed by atoms with Crippen LogP contribution in [-0.4, -0.2) is 51.0 Å². The number of rotatable bonds is 2. The van der Waals surface area contributed by atoms with Crippen LogP contribution < -0.4 is 4.90 Å². The van der Waals surface area contributed by atoms with Gasteiger partial charge in [0.2, 0.25) is 5.91 Å². The van der Waals surface area contributed by atoms with Gasteiger partial charge in [-0.1, -0.05) is 6.07 Å². The predicted octanol–water partition coefficient (Wildman–Crippen LogP) is 2.79. The molecule has 1 aromatic carbocycles. The second kappa shape index (κ2) is 6.44. The molecule has 1 saturated heterocycles. The largest absolute Gasteiger partial charge is 0.365 e. The number of fused-ring (bicyclic) bond motifs is 1. The molecule has 1 atom stereocenters. The summed E-state index contributed by atoms with van der Waals surface area (Å²) < 4.78 is 2.10. The second-order valence-corrected chi connectivity index (χ2v) is 6.87. The zero-order chi connectivity index (χ0) is 18.3. The molecule has 0 unspecified atom stereocenters. The first-order valence-electron chi connectivity index (χ1n) is 8.97. The van der Waals surface area contributed by atoms with Gasteiger partial charge in [0.15, 0.2) is 0 Å². The number of benzene rings is 1. The highest BCUT2D eigenvalue weighted by Crippen LogP contribution is 2.31. The lowest BCUT2D eigenvalue weighted by atomic mass is 10.1. The van der Waals surface area contributed by atoms with Gasteiger partial charge in [0.1, 0.15) is 11.6 Å². The Kier molecular flexibility index (Phi) is 4.11. The van der Waals surface area contributed by atoms with E-state index in [0.29, 0.717) is 0 Å². The van der Waals surface area contributed by atoms with E-state index in [-0.39, 0.29) is 11.9 Å². The van der Waals surface area contributed by atoms with Crippen LogP contribution in [0.15, 0.2) is 42.7 Å². The number of carbonyl (C=O) groups is 1. The summed E-state index contributed by atoms with van der Waals surface area (Å²) in [5.74, 6) is 1.79. The molecule has 3 aromatic rings. The molecular formula is C20H23N5O. The van der Waals surface area contributed by atoms with Crippen molar-refractivity contribution < 1.29 is 4.79 Å². The Morgan fingerprint density at radius 1 is 1.19 bits per heavy atom. The summed E-state index contributed by atoms with van der Waals surface area (Å²) in [4.78, 5) is 24.7. The number of hydrogen-bond acceptors (Lipinski definition) is 4. The third-order valence-electron chi connectivity index (χ3n) is 5.10. The van der Waals surface area contributed by atoms with Crippen molar-refractivity contribution in [1.82, 2.24) is 19.4 Å². The Morgan fingerprint density at radius 2 is 2.04 bits per heavy atom. The zero-order valence-corrected chi connectivity index (χ0v) is 15.4. The first-order chi connectivity index (χ1) is 12.5. The predicted molar refractivity (Wildman–Crippen MR) is 103 cm³/mol. The summed E-state index contributed by atoms with van der Waals surface area (Å²) in [6, 6.07) is 10.7. The number of nitrogens with zero attached hydrogens (tertiary/aromatic N) is 5. The molecule has 1 aliphatic rings. The Bertz CT molecular complexity index is 964. The molecule has 3 heterocycles. The van der Waals surface area contributed by atoms with Crippen molar-refractivity contribution >= 4 is 22.5 Å². The fraction of sp³-hybridized carbons (Fsp3) is 0.350. The summed E-state index contributed by atoms with van der Waals surface area (Å²) in [6.07, 6.45) is 3.85. The van der Waals surface area contributed by atoms with E-state index in [2.05, 4.69) is 56.8 Å². The average Bonchev–Trinajstić information content (AvgIpc) is 3.06. The van der Waals surface area contributed by atoms with Gasteiger partial charge < -0.3 is 14.4 Å². The molecule has 6 heteroatoms. The lowest BCUT2D eigenvalue weighted by Crippen LogP contribution is -2.53. The molecule has 26 heavy (non-hydrogen) atoms. The van der Waals surface area contributed by atoms with E-state index in [9.17, 15) is 4.79 Å². The van der Waals surface area contributed by atoms with Crippen molar-refractivity contribution in [2.75, 3.05) is 24.5 Å². The van der Waals surface area contributed by atoms with Gasteiger partial charge in [-0.05, 0) is 38.1 Å². The minimum Gasteiger partial charge on any atom is -0.365 e. The summed E-state index contributed by atoms with van der Waals surface area (Å²) in [5, 5.41) is 1.20. The van der Waals surface area contributed by atoms with Gasteiger partial charge in [-0.25, -0.2) is 9.97 Å². The topological polar surface area (TPSA) is 54.3 Å². The summed E-state index contributed by atoms with van der Waals surface area (Å²) >= 11 is 0. The number of amides is 1. The van der Waals surface area contributed by atoms with Crippen LogP contribution in [0.4, 0.5) is 5.69 Å². The van der Waals surface area contributed by atoms with Gasteiger partial charge in [-0.15, -0.1) is 0 Å². The van der Waals surface area contributed by atoms with Crippen LogP contribution >= 0.6 is 0 Å². The first-order valence-corrected chi connectivity index (χ1v) is 8.97. The number of aryl methyl sites for hydroxylation is 1. The van der Waals surface area contributed by atoms with Gasteiger partial charge in [-0.3, -0.25) is 4.79 Å². The highest BCUT2D eigenvalue weighted by Gasteiger charge is 2.26. The molecular weight excluding hydrogens is 326 g/mol. The molecule has 1 aliphatic heterocycles. The van der Waals surface area contributed by atoms with E-state index < -0.39 is 0 Å². The van der Waals surface area contributed by atoms with Crippen LogP contribution in [0.2, 0.25) is 0 Å². The van der Waals surface area contributed by atoms with Crippen LogP contribution in [0.3, 0.4) is 0 Å². The monoisotopic (exact) mass is 349 g/mol. The molecule has 2 aromatic heterocycles. The van der Waals surface area contributed by atoms with Crippen LogP contribution in [-0.2, 0) is 4.79 Å². The van der Waals surface area contributed by atoms with Crippen LogP contribution in [0.25, 0.3) is 16.7 Å². The number of hydrogen-bond donors (Lipinski definition) is 0. The molecule has 0 N–H and O–H groups in total. The van der Waals surface area contributed by atoms with Crippen molar-refractivity contribution in [2.45, 2.75) is 26.8 Å². The molecule has 0 bridgehead atoms. The van der Waals surface area contributed by atoms with Crippen molar-refractivity contribution in [3.8, 4) is 5.82 Å². The average molecular weight is 349 g/mol. The van der Waals surface area contributed by atoms with Crippen molar-refractivity contribution in [3.05, 3.63) is 48.5 Å². The van der Waals surface area contributed by atoms with Crippen LogP contribution in [0.5, 0.6) is 0 Å². The Balaban J connectivity index is 1.73. The third kappa shape index (κ3) is 2.81. The molecule has 0 spiro atoms. The third-order valence-corrected chi connectivity index (χ3v) is 5.10. The molecule has 1 fully saturated rings. The van der Waals surface area contributed by atoms with E-state index in [1.54, 1.807) is 13.1 Å². The Morgan fingerprint density at radius 3 is 2.77 bits per heavy atom. The fourth-order valence-corrected chi connectivity index (χ4v) is 3.78. The lowest BCUT2D eigenvalue weighted by molar-refractivity contribution is -0.129. The zero-order valence-electron chi connectivity index (χ0n) is 15.4. The number of aromatic nitrogens is 3. The SMILES string of the molecule is CC(=O)N1CCN(c2cccc3c2ccn3-c2ccnc(C)n2)[C@H](C)C1. The van der Waals surface area contributed by atoms with Gasteiger partial charge in [0.05, 0.1) is 5.52 Å². The number of anilines is 1. The lowest BCUT2D eigenvalue weighted by Gasteiger charge is -2.41. The summed E-state index contributed by atoms with van der Waals surface area (Å²) in [5.41, 5.74) is 2.34. The molecule has 134 valence electrons. The maximum atomic E-state index is 11.7. The van der Waals surface area contributed by atoms with E-state index in [0.717, 1.165) is 36.8 Å². The molecule has 1 amide bonds. The highest BCUT2D eigenvalue weighted by atomic mass is 16.2. The Labute approximate surface area is 153 Å². The summed E-state index contributed by atoms with van der Waals surface area (Å²) in [7, 11) is 0. The van der Waals surface area contributed by atoms with E-state index in [1.165, 1.54) is 11.1 Å². The van der Waals surface area contributed by atoms with E-state index >= 15 is 0 Å². The normalized spacial score (nSPS) is 17.7. The minimum absolute atomic E-state index is 0.153. The fourth-order valence-electron chi connectivity index (χ4n) is 3.78. The van der Waals surface area contributed by atoms with E-state index in [1.807, 2.05) is 17.9 Å². The van der Waals surface area contributed by atoms with Crippen LogP contribution in [0.1, 0.15) is 19.7 Å².